The van der Waals surface area contributed by atoms with Crippen LogP contribution < -0.4 is 5.73 Å². The van der Waals surface area contributed by atoms with Gasteiger partial charge < -0.3 is 5.73 Å². The van der Waals surface area contributed by atoms with Crippen molar-refractivity contribution in [1.82, 2.24) is 4.98 Å². The van der Waals surface area contributed by atoms with Crippen LogP contribution in [0.25, 0.3) is 33.0 Å². The van der Waals surface area contributed by atoms with Crippen LogP contribution in [0.5, 0.6) is 0 Å². The number of nitrogen functional groups attached to an aromatic ring is 1. The van der Waals surface area contributed by atoms with Gasteiger partial charge in [-0.1, -0.05) is 60.2 Å². The SMILES string of the molecule is Cc1ccc(-c2cc(-c3nc(-c4ccccc4)cs3)ccc2N)cc1. The van der Waals surface area contributed by atoms with E-state index in [1.807, 2.05) is 30.3 Å². The Bertz CT molecular complexity index is 1000. The van der Waals surface area contributed by atoms with Crippen molar-refractivity contribution in [1.29, 1.82) is 0 Å². The maximum absolute atomic E-state index is 6.22. The smallest absolute Gasteiger partial charge is 0.124 e. The molecule has 122 valence electrons. The van der Waals surface area contributed by atoms with Crippen molar-refractivity contribution < 1.29 is 0 Å². The maximum atomic E-state index is 6.22. The average molecular weight is 342 g/mol. The second kappa shape index (κ2) is 6.54. The molecule has 0 bridgehead atoms. The van der Waals surface area contributed by atoms with E-state index in [9.17, 15) is 0 Å². The molecule has 0 aliphatic rings. The summed E-state index contributed by atoms with van der Waals surface area (Å²) in [6.45, 7) is 2.09. The molecule has 4 aromatic rings. The molecule has 0 fully saturated rings. The molecule has 0 spiro atoms. The van der Waals surface area contributed by atoms with Crippen LogP contribution in [0.2, 0.25) is 0 Å². The van der Waals surface area contributed by atoms with Gasteiger partial charge in [0.25, 0.3) is 0 Å². The highest BCUT2D eigenvalue weighted by atomic mass is 32.1. The number of benzene rings is 3. The van der Waals surface area contributed by atoms with Gasteiger partial charge in [-0.15, -0.1) is 11.3 Å². The summed E-state index contributed by atoms with van der Waals surface area (Å²) in [5.74, 6) is 0. The fraction of sp³-hybridized carbons (Fsp3) is 0.0455. The van der Waals surface area contributed by atoms with E-state index in [1.165, 1.54) is 5.56 Å². The van der Waals surface area contributed by atoms with Gasteiger partial charge in [0.05, 0.1) is 5.69 Å². The lowest BCUT2D eigenvalue weighted by Crippen LogP contribution is -1.91. The number of aromatic nitrogens is 1. The highest BCUT2D eigenvalue weighted by molar-refractivity contribution is 7.13. The number of hydrogen-bond donors (Lipinski definition) is 1. The van der Waals surface area contributed by atoms with Gasteiger partial charge >= 0.3 is 0 Å². The lowest BCUT2D eigenvalue weighted by atomic mass is 10.0. The molecule has 0 saturated heterocycles. The van der Waals surface area contributed by atoms with Gasteiger partial charge in [-0.25, -0.2) is 4.98 Å². The fourth-order valence-electron chi connectivity index (χ4n) is 2.82. The second-order valence-corrected chi connectivity index (χ2v) is 6.93. The highest BCUT2D eigenvalue weighted by Crippen LogP contribution is 2.34. The Morgan fingerprint density at radius 1 is 0.800 bits per heavy atom. The van der Waals surface area contributed by atoms with Gasteiger partial charge in [0.15, 0.2) is 0 Å². The molecule has 0 amide bonds. The van der Waals surface area contributed by atoms with E-state index in [-0.39, 0.29) is 0 Å². The first-order chi connectivity index (χ1) is 12.2. The van der Waals surface area contributed by atoms with Crippen LogP contribution in [0.15, 0.2) is 78.2 Å². The Hall–Kier alpha value is -2.91. The Balaban J connectivity index is 1.73. The van der Waals surface area contributed by atoms with Crippen LogP contribution in [0.4, 0.5) is 5.69 Å². The van der Waals surface area contributed by atoms with Crippen molar-refractivity contribution in [3.63, 3.8) is 0 Å². The molecule has 0 radical (unpaired) electrons. The zero-order valence-corrected chi connectivity index (χ0v) is 14.8. The summed E-state index contributed by atoms with van der Waals surface area (Å²) in [6, 6.07) is 24.8. The second-order valence-electron chi connectivity index (χ2n) is 6.07. The van der Waals surface area contributed by atoms with E-state index in [0.29, 0.717) is 0 Å². The molecule has 0 aliphatic carbocycles. The quantitative estimate of drug-likeness (QED) is 0.461. The summed E-state index contributed by atoms with van der Waals surface area (Å²) >= 11 is 1.66. The number of nitrogens with zero attached hydrogens (tertiary/aromatic N) is 1. The summed E-state index contributed by atoms with van der Waals surface area (Å²) in [5, 5.41) is 3.11. The highest BCUT2D eigenvalue weighted by Gasteiger charge is 2.10. The molecular weight excluding hydrogens is 324 g/mol. The van der Waals surface area contributed by atoms with Gasteiger partial charge in [-0.2, -0.15) is 0 Å². The number of anilines is 1. The molecule has 0 unspecified atom stereocenters. The van der Waals surface area contributed by atoms with Crippen LogP contribution in [0.3, 0.4) is 0 Å². The Morgan fingerprint density at radius 3 is 2.28 bits per heavy atom. The molecule has 1 heterocycles. The third kappa shape index (κ3) is 3.19. The first kappa shape index (κ1) is 15.6. The van der Waals surface area contributed by atoms with E-state index >= 15 is 0 Å². The molecule has 25 heavy (non-hydrogen) atoms. The lowest BCUT2D eigenvalue weighted by molar-refractivity contribution is 1.40. The number of thiazole rings is 1. The Kier molecular flexibility index (Phi) is 4.08. The number of aryl methyl sites for hydroxylation is 1. The zero-order valence-electron chi connectivity index (χ0n) is 13.9. The predicted molar refractivity (Wildman–Crippen MR) is 108 cm³/mol. The molecule has 3 heteroatoms. The van der Waals surface area contributed by atoms with Gasteiger partial charge in [0.2, 0.25) is 0 Å². The standard InChI is InChI=1S/C22H18N2S/c1-15-7-9-16(10-8-15)19-13-18(11-12-20(19)23)22-24-21(14-25-22)17-5-3-2-4-6-17/h2-14H,23H2,1H3. The van der Waals surface area contributed by atoms with Crippen molar-refractivity contribution >= 4 is 17.0 Å². The minimum absolute atomic E-state index is 0.785. The normalized spacial score (nSPS) is 10.8. The minimum Gasteiger partial charge on any atom is -0.398 e. The molecule has 3 aromatic carbocycles. The number of rotatable bonds is 3. The molecule has 0 saturated carbocycles. The Labute approximate surface area is 151 Å². The van der Waals surface area contributed by atoms with Crippen molar-refractivity contribution in [3.8, 4) is 33.0 Å². The van der Waals surface area contributed by atoms with Crippen LogP contribution >= 0.6 is 11.3 Å². The summed E-state index contributed by atoms with van der Waals surface area (Å²) in [6.07, 6.45) is 0. The summed E-state index contributed by atoms with van der Waals surface area (Å²) in [7, 11) is 0. The van der Waals surface area contributed by atoms with Crippen LogP contribution in [0, 0.1) is 6.92 Å². The summed E-state index contributed by atoms with van der Waals surface area (Å²) in [5.41, 5.74) is 13.7. The van der Waals surface area contributed by atoms with E-state index in [0.717, 1.165) is 38.6 Å². The number of hydrogen-bond acceptors (Lipinski definition) is 3. The molecule has 1 aromatic heterocycles. The van der Waals surface area contributed by atoms with Gasteiger partial charge in [0, 0.05) is 27.8 Å². The third-order valence-corrected chi connectivity index (χ3v) is 5.13. The topological polar surface area (TPSA) is 38.9 Å². The van der Waals surface area contributed by atoms with Gasteiger partial charge in [-0.05, 0) is 30.7 Å². The van der Waals surface area contributed by atoms with E-state index in [2.05, 4.69) is 54.8 Å². The molecule has 2 N–H and O–H groups in total. The summed E-state index contributed by atoms with van der Waals surface area (Å²) < 4.78 is 0. The first-order valence-electron chi connectivity index (χ1n) is 8.18. The first-order valence-corrected chi connectivity index (χ1v) is 9.06. The predicted octanol–water partition coefficient (Wildman–Crippen LogP) is 6.03. The van der Waals surface area contributed by atoms with Crippen LogP contribution in [-0.4, -0.2) is 4.98 Å². The minimum atomic E-state index is 0.785. The van der Waals surface area contributed by atoms with Crippen LogP contribution in [0.1, 0.15) is 5.56 Å². The van der Waals surface area contributed by atoms with Crippen molar-refractivity contribution in [3.05, 3.63) is 83.7 Å². The van der Waals surface area contributed by atoms with Crippen molar-refractivity contribution in [2.75, 3.05) is 5.73 Å². The molecule has 0 atom stereocenters. The molecular formula is C22H18N2S. The Morgan fingerprint density at radius 2 is 1.52 bits per heavy atom. The molecule has 0 aliphatic heterocycles. The van der Waals surface area contributed by atoms with E-state index < -0.39 is 0 Å². The van der Waals surface area contributed by atoms with Crippen molar-refractivity contribution in [2.45, 2.75) is 6.92 Å². The zero-order chi connectivity index (χ0) is 17.2. The van der Waals surface area contributed by atoms with E-state index in [4.69, 9.17) is 10.7 Å². The average Bonchev–Trinajstić information content (AvgIpc) is 3.14. The largest absolute Gasteiger partial charge is 0.398 e. The lowest BCUT2D eigenvalue weighted by Gasteiger charge is -2.08. The van der Waals surface area contributed by atoms with Crippen LogP contribution in [-0.2, 0) is 0 Å². The molecule has 4 rings (SSSR count). The summed E-state index contributed by atoms with van der Waals surface area (Å²) in [4.78, 5) is 4.81. The van der Waals surface area contributed by atoms with Gasteiger partial charge in [-0.3, -0.25) is 0 Å². The third-order valence-electron chi connectivity index (χ3n) is 4.24. The fourth-order valence-corrected chi connectivity index (χ4v) is 3.65. The monoisotopic (exact) mass is 342 g/mol. The number of nitrogens with two attached hydrogens (primary N) is 1. The van der Waals surface area contributed by atoms with Gasteiger partial charge in [0.1, 0.15) is 5.01 Å². The van der Waals surface area contributed by atoms with E-state index in [1.54, 1.807) is 11.3 Å². The van der Waals surface area contributed by atoms with Crippen molar-refractivity contribution in [2.24, 2.45) is 0 Å². The molecule has 2 nitrogen and oxygen atoms in total. The maximum Gasteiger partial charge on any atom is 0.124 e.